The quantitative estimate of drug-likeness (QED) is 0.402. The van der Waals surface area contributed by atoms with Gasteiger partial charge in [-0.1, -0.05) is 6.58 Å². The molecule has 0 aromatic rings. The van der Waals surface area contributed by atoms with Gasteiger partial charge in [0.2, 0.25) is 0 Å². The zero-order chi connectivity index (χ0) is 9.07. The van der Waals surface area contributed by atoms with Crippen molar-refractivity contribution in [2.75, 3.05) is 6.61 Å². The van der Waals surface area contributed by atoms with E-state index in [-0.39, 0.29) is 4.91 Å². The summed E-state index contributed by atoms with van der Waals surface area (Å²) in [5.41, 5.74) is 0. The molecule has 0 N–H and O–H groups in total. The summed E-state index contributed by atoms with van der Waals surface area (Å²) < 4.78 is 37.8. The van der Waals surface area contributed by atoms with Gasteiger partial charge in [-0.05, 0) is 0 Å². The second-order valence-corrected chi connectivity index (χ2v) is 2.18. The van der Waals surface area contributed by atoms with Crippen molar-refractivity contribution in [2.24, 2.45) is 0 Å². The van der Waals surface area contributed by atoms with Crippen molar-refractivity contribution in [1.82, 2.24) is 0 Å². The molecule has 64 valence electrons. The number of hydrogen-bond donors (Lipinski definition) is 1. The minimum Gasteiger partial charge on any atom is -0.452 e. The Morgan fingerprint density at radius 3 is 2.27 bits per heavy atom. The molecular weight excluding hydrogens is 181 g/mol. The van der Waals surface area contributed by atoms with Crippen LogP contribution >= 0.6 is 12.6 Å². The van der Waals surface area contributed by atoms with Crippen molar-refractivity contribution in [3.8, 4) is 0 Å². The number of hydrogen-bond acceptors (Lipinski definition) is 3. The molecule has 0 bridgehead atoms. The fourth-order valence-electron chi connectivity index (χ4n) is 0.231. The van der Waals surface area contributed by atoms with Gasteiger partial charge in [-0.3, -0.25) is 0 Å². The van der Waals surface area contributed by atoms with Gasteiger partial charge in [0, 0.05) is 0 Å². The molecule has 0 spiro atoms. The van der Waals surface area contributed by atoms with E-state index in [1.54, 1.807) is 0 Å². The second kappa shape index (κ2) is 3.66. The summed E-state index contributed by atoms with van der Waals surface area (Å²) >= 11 is 3.39. The second-order valence-electron chi connectivity index (χ2n) is 1.64. The number of ether oxygens (including phenoxy) is 1. The topological polar surface area (TPSA) is 26.3 Å². The van der Waals surface area contributed by atoms with E-state index in [0.717, 1.165) is 0 Å². The van der Waals surface area contributed by atoms with Gasteiger partial charge in [-0.25, -0.2) is 4.79 Å². The van der Waals surface area contributed by atoms with Crippen LogP contribution in [0, 0.1) is 0 Å². The lowest BCUT2D eigenvalue weighted by Crippen LogP contribution is -2.20. The van der Waals surface area contributed by atoms with E-state index >= 15 is 0 Å². The first-order valence-corrected chi connectivity index (χ1v) is 2.89. The van der Waals surface area contributed by atoms with E-state index < -0.39 is 18.8 Å². The summed E-state index contributed by atoms with van der Waals surface area (Å²) in [6, 6.07) is 0. The molecule has 0 aromatic heterocycles. The third kappa shape index (κ3) is 5.78. The molecule has 0 aliphatic carbocycles. The third-order valence-corrected chi connectivity index (χ3v) is 0.785. The normalized spacial score (nSPS) is 10.9. The van der Waals surface area contributed by atoms with Gasteiger partial charge in [-0.15, -0.1) is 12.6 Å². The summed E-state index contributed by atoms with van der Waals surface area (Å²) in [6.45, 7) is 1.37. The van der Waals surface area contributed by atoms with Gasteiger partial charge in [0.05, 0.1) is 4.91 Å². The molecule has 0 aliphatic rings. The van der Waals surface area contributed by atoms with E-state index in [0.29, 0.717) is 0 Å². The highest BCUT2D eigenvalue weighted by molar-refractivity contribution is 7.85. The van der Waals surface area contributed by atoms with Gasteiger partial charge in [0.1, 0.15) is 0 Å². The summed E-state index contributed by atoms with van der Waals surface area (Å²) in [4.78, 5) is 9.94. The van der Waals surface area contributed by atoms with Gasteiger partial charge in [0.15, 0.2) is 6.61 Å². The predicted molar refractivity (Wildman–Crippen MR) is 35.1 cm³/mol. The van der Waals surface area contributed by atoms with Crippen LogP contribution in [0.4, 0.5) is 13.2 Å². The number of carbonyl (C=O) groups is 1. The Labute approximate surface area is 66.4 Å². The summed E-state index contributed by atoms with van der Waals surface area (Å²) in [7, 11) is 0. The zero-order valence-corrected chi connectivity index (χ0v) is 6.21. The van der Waals surface area contributed by atoms with Crippen LogP contribution in [-0.4, -0.2) is 18.8 Å². The minimum absolute atomic E-state index is 0.353. The molecule has 11 heavy (non-hydrogen) atoms. The van der Waals surface area contributed by atoms with Crippen molar-refractivity contribution < 1.29 is 22.7 Å². The van der Waals surface area contributed by atoms with Crippen LogP contribution in [-0.2, 0) is 9.53 Å². The maximum absolute atomic E-state index is 11.3. The maximum Gasteiger partial charge on any atom is 0.422 e. The Hall–Kier alpha value is -0.650. The van der Waals surface area contributed by atoms with Crippen molar-refractivity contribution in [2.45, 2.75) is 6.18 Å². The molecule has 0 atom stereocenters. The standard InChI is InChI=1S/C5H5F3O2S/c1-3(11)4(9)10-2-5(6,7)8/h11H,1-2H2. The van der Waals surface area contributed by atoms with Crippen LogP contribution in [0.1, 0.15) is 0 Å². The molecule has 0 saturated heterocycles. The van der Waals surface area contributed by atoms with Crippen LogP contribution in [0.5, 0.6) is 0 Å². The molecule has 0 heterocycles. The largest absolute Gasteiger partial charge is 0.452 e. The lowest BCUT2D eigenvalue weighted by molar-refractivity contribution is -0.182. The Balaban J connectivity index is 3.73. The monoisotopic (exact) mass is 186 g/mol. The van der Waals surface area contributed by atoms with Crippen molar-refractivity contribution >= 4 is 18.6 Å². The van der Waals surface area contributed by atoms with E-state index in [9.17, 15) is 18.0 Å². The molecule has 0 saturated carbocycles. The average Bonchev–Trinajstić information content (AvgIpc) is 1.80. The van der Waals surface area contributed by atoms with Crippen molar-refractivity contribution in [3.63, 3.8) is 0 Å². The van der Waals surface area contributed by atoms with Crippen molar-refractivity contribution in [3.05, 3.63) is 11.5 Å². The Morgan fingerprint density at radius 1 is 1.55 bits per heavy atom. The molecule has 0 aliphatic heterocycles. The fraction of sp³-hybridized carbons (Fsp3) is 0.400. The highest BCUT2D eigenvalue weighted by atomic mass is 32.1. The van der Waals surface area contributed by atoms with Crippen LogP contribution in [0.3, 0.4) is 0 Å². The molecule has 0 amide bonds. The molecule has 0 unspecified atom stereocenters. The van der Waals surface area contributed by atoms with Gasteiger partial charge < -0.3 is 4.74 Å². The van der Waals surface area contributed by atoms with Gasteiger partial charge >= 0.3 is 12.1 Å². The minimum atomic E-state index is -4.50. The zero-order valence-electron chi connectivity index (χ0n) is 5.31. The molecule has 6 heteroatoms. The molecule has 0 fully saturated rings. The van der Waals surface area contributed by atoms with E-state index in [2.05, 4.69) is 23.9 Å². The van der Waals surface area contributed by atoms with Crippen molar-refractivity contribution in [1.29, 1.82) is 0 Å². The number of alkyl halides is 3. The first kappa shape index (κ1) is 10.3. The number of thiol groups is 1. The number of carbonyl (C=O) groups excluding carboxylic acids is 1. The predicted octanol–water partition coefficient (Wildman–Crippen LogP) is 1.54. The van der Waals surface area contributed by atoms with Crippen LogP contribution < -0.4 is 0 Å². The summed E-state index contributed by atoms with van der Waals surface area (Å²) in [5, 5.41) is 0. The molecule has 2 nitrogen and oxygen atoms in total. The highest BCUT2D eigenvalue weighted by Gasteiger charge is 2.29. The van der Waals surface area contributed by atoms with Crippen LogP contribution in [0.2, 0.25) is 0 Å². The number of rotatable bonds is 2. The number of esters is 1. The fourth-order valence-corrected chi connectivity index (χ4v) is 0.295. The Morgan fingerprint density at radius 2 is 2.00 bits per heavy atom. The lowest BCUT2D eigenvalue weighted by atomic mass is 10.6. The smallest absolute Gasteiger partial charge is 0.422 e. The summed E-state index contributed by atoms with van der Waals surface area (Å²) in [6.07, 6.45) is -4.50. The Bertz CT molecular complexity index is 175. The van der Waals surface area contributed by atoms with E-state index in [1.807, 2.05) is 0 Å². The maximum atomic E-state index is 11.3. The van der Waals surface area contributed by atoms with Crippen LogP contribution in [0.25, 0.3) is 0 Å². The van der Waals surface area contributed by atoms with E-state index in [4.69, 9.17) is 0 Å². The first-order chi connectivity index (χ1) is 4.83. The third-order valence-electron chi connectivity index (χ3n) is 0.603. The molecule has 0 radical (unpaired) electrons. The molecular formula is C5H5F3O2S. The first-order valence-electron chi connectivity index (χ1n) is 2.44. The molecule has 0 rings (SSSR count). The lowest BCUT2D eigenvalue weighted by Gasteiger charge is -2.06. The highest BCUT2D eigenvalue weighted by Crippen LogP contribution is 2.15. The van der Waals surface area contributed by atoms with Crippen LogP contribution in [0.15, 0.2) is 11.5 Å². The summed E-state index contributed by atoms with van der Waals surface area (Å²) in [5.74, 6) is -1.16. The number of halogens is 3. The Kier molecular flexibility index (Phi) is 3.44. The molecule has 0 aromatic carbocycles. The SMILES string of the molecule is C=C(S)C(=O)OCC(F)(F)F. The van der Waals surface area contributed by atoms with Gasteiger partial charge in [-0.2, -0.15) is 13.2 Å². The van der Waals surface area contributed by atoms with Gasteiger partial charge in [0.25, 0.3) is 0 Å². The van der Waals surface area contributed by atoms with E-state index in [1.165, 1.54) is 0 Å². The average molecular weight is 186 g/mol.